The molecule has 1 heterocycles. The van der Waals surface area contributed by atoms with Gasteiger partial charge in [-0.2, -0.15) is 0 Å². The Morgan fingerprint density at radius 2 is 2.00 bits per heavy atom. The van der Waals surface area contributed by atoms with Crippen molar-refractivity contribution >= 4 is 11.8 Å². The van der Waals surface area contributed by atoms with Crippen molar-refractivity contribution in [3.63, 3.8) is 0 Å². The first-order valence-electron chi connectivity index (χ1n) is 7.19. The Kier molecular flexibility index (Phi) is 6.28. The number of hydrogen-bond donors (Lipinski definition) is 1. The largest absolute Gasteiger partial charge is 0.379 e. The predicted molar refractivity (Wildman–Crippen MR) is 73.7 cm³/mol. The van der Waals surface area contributed by atoms with Crippen molar-refractivity contribution in [2.75, 3.05) is 13.2 Å². The predicted octanol–water partition coefficient (Wildman–Crippen LogP) is 1.32. The van der Waals surface area contributed by atoms with Crippen LogP contribution in [0.25, 0.3) is 0 Å². The molecule has 0 aliphatic carbocycles. The van der Waals surface area contributed by atoms with E-state index in [1.807, 2.05) is 20.8 Å². The monoisotopic (exact) mass is 270 g/mol. The molecular weight excluding hydrogens is 244 g/mol. The molecule has 0 aromatic heterocycles. The highest BCUT2D eigenvalue weighted by Crippen LogP contribution is 2.13. The minimum absolute atomic E-state index is 0.0411. The SMILES string of the molecule is CCC1NC(=O)C(C)N(CCCCOC(C)C)C1=O. The number of amides is 2. The second-order valence-electron chi connectivity index (χ2n) is 5.30. The van der Waals surface area contributed by atoms with Gasteiger partial charge in [0.2, 0.25) is 11.8 Å². The lowest BCUT2D eigenvalue weighted by Crippen LogP contribution is -2.62. The first-order chi connectivity index (χ1) is 8.97. The van der Waals surface area contributed by atoms with Crippen molar-refractivity contribution in [2.45, 2.75) is 65.1 Å². The third kappa shape index (κ3) is 4.49. The summed E-state index contributed by atoms with van der Waals surface area (Å²) in [6, 6.07) is -0.711. The number of hydrogen-bond acceptors (Lipinski definition) is 3. The molecule has 1 aliphatic heterocycles. The summed E-state index contributed by atoms with van der Waals surface area (Å²) in [4.78, 5) is 25.6. The molecule has 0 radical (unpaired) electrons. The molecule has 0 spiro atoms. The van der Waals surface area contributed by atoms with Gasteiger partial charge in [-0.15, -0.1) is 0 Å². The fourth-order valence-electron chi connectivity index (χ4n) is 2.17. The van der Waals surface area contributed by atoms with Gasteiger partial charge in [0, 0.05) is 13.2 Å². The molecule has 0 bridgehead atoms. The smallest absolute Gasteiger partial charge is 0.245 e. The summed E-state index contributed by atoms with van der Waals surface area (Å²) < 4.78 is 5.47. The molecule has 1 saturated heterocycles. The molecule has 2 atom stereocenters. The molecule has 2 amide bonds. The van der Waals surface area contributed by atoms with Gasteiger partial charge in [0.1, 0.15) is 12.1 Å². The standard InChI is InChI=1S/C14H26N2O3/c1-5-12-14(18)16(11(4)13(17)15-12)8-6-7-9-19-10(2)3/h10-12H,5-9H2,1-4H3,(H,15,17). The van der Waals surface area contributed by atoms with Crippen molar-refractivity contribution in [1.29, 1.82) is 0 Å². The van der Waals surface area contributed by atoms with E-state index in [1.54, 1.807) is 11.8 Å². The topological polar surface area (TPSA) is 58.6 Å². The number of rotatable bonds is 7. The summed E-state index contributed by atoms with van der Waals surface area (Å²) in [6.07, 6.45) is 2.66. The van der Waals surface area contributed by atoms with E-state index in [2.05, 4.69) is 5.32 Å². The van der Waals surface area contributed by atoms with Crippen LogP contribution in [0.1, 0.15) is 47.0 Å². The van der Waals surface area contributed by atoms with E-state index in [9.17, 15) is 9.59 Å². The van der Waals surface area contributed by atoms with Crippen LogP contribution in [0.2, 0.25) is 0 Å². The van der Waals surface area contributed by atoms with E-state index < -0.39 is 0 Å². The quantitative estimate of drug-likeness (QED) is 0.710. The Hall–Kier alpha value is -1.10. The van der Waals surface area contributed by atoms with E-state index in [1.165, 1.54) is 0 Å². The van der Waals surface area contributed by atoms with Crippen LogP contribution in [0.15, 0.2) is 0 Å². The second kappa shape index (κ2) is 7.48. The molecule has 19 heavy (non-hydrogen) atoms. The maximum atomic E-state index is 12.2. The molecule has 1 fully saturated rings. The maximum absolute atomic E-state index is 12.2. The minimum atomic E-state index is -0.360. The summed E-state index contributed by atoms with van der Waals surface area (Å²) in [6.45, 7) is 9.04. The number of piperazine rings is 1. The summed E-state index contributed by atoms with van der Waals surface area (Å²) in [7, 11) is 0. The lowest BCUT2D eigenvalue weighted by molar-refractivity contribution is -0.148. The first-order valence-corrected chi connectivity index (χ1v) is 7.19. The van der Waals surface area contributed by atoms with Gasteiger partial charge < -0.3 is 15.0 Å². The van der Waals surface area contributed by atoms with E-state index in [4.69, 9.17) is 4.74 Å². The average molecular weight is 270 g/mol. The van der Waals surface area contributed by atoms with Gasteiger partial charge in [0.15, 0.2) is 0 Å². The number of unbranched alkanes of at least 4 members (excludes halogenated alkanes) is 1. The Balaban J connectivity index is 2.41. The number of carbonyl (C=O) groups is 2. The van der Waals surface area contributed by atoms with Crippen LogP contribution >= 0.6 is 0 Å². The molecule has 5 heteroatoms. The van der Waals surface area contributed by atoms with Crippen molar-refractivity contribution in [1.82, 2.24) is 10.2 Å². The summed E-state index contributed by atoms with van der Waals surface area (Å²) in [5, 5.41) is 2.76. The van der Waals surface area contributed by atoms with Crippen LogP contribution in [-0.4, -0.2) is 48.1 Å². The maximum Gasteiger partial charge on any atom is 0.245 e. The Bertz CT molecular complexity index is 318. The molecule has 5 nitrogen and oxygen atoms in total. The third-order valence-corrected chi connectivity index (χ3v) is 3.40. The first kappa shape index (κ1) is 16.0. The zero-order valence-corrected chi connectivity index (χ0v) is 12.4. The van der Waals surface area contributed by atoms with Crippen LogP contribution in [0.4, 0.5) is 0 Å². The Morgan fingerprint density at radius 3 is 2.58 bits per heavy atom. The van der Waals surface area contributed by atoms with Crippen LogP contribution in [0.3, 0.4) is 0 Å². The lowest BCUT2D eigenvalue weighted by atomic mass is 10.1. The molecule has 1 aliphatic rings. The molecular formula is C14H26N2O3. The van der Waals surface area contributed by atoms with Crippen LogP contribution in [-0.2, 0) is 14.3 Å². The highest BCUT2D eigenvalue weighted by molar-refractivity contribution is 5.96. The summed E-state index contributed by atoms with van der Waals surface area (Å²) in [5.41, 5.74) is 0. The van der Waals surface area contributed by atoms with Gasteiger partial charge in [0.25, 0.3) is 0 Å². The molecule has 1 rings (SSSR count). The average Bonchev–Trinajstić information content (AvgIpc) is 2.36. The summed E-state index contributed by atoms with van der Waals surface area (Å²) in [5.74, 6) is -0.00995. The Morgan fingerprint density at radius 1 is 1.32 bits per heavy atom. The summed E-state index contributed by atoms with van der Waals surface area (Å²) >= 11 is 0. The fourth-order valence-corrected chi connectivity index (χ4v) is 2.17. The van der Waals surface area contributed by atoms with Crippen molar-refractivity contribution in [3.05, 3.63) is 0 Å². The molecule has 0 saturated carbocycles. The molecule has 110 valence electrons. The zero-order chi connectivity index (χ0) is 14.4. The van der Waals surface area contributed by atoms with Crippen molar-refractivity contribution in [2.24, 2.45) is 0 Å². The van der Waals surface area contributed by atoms with Crippen molar-refractivity contribution < 1.29 is 14.3 Å². The molecule has 2 unspecified atom stereocenters. The van der Waals surface area contributed by atoms with Crippen LogP contribution < -0.4 is 5.32 Å². The lowest BCUT2D eigenvalue weighted by Gasteiger charge is -2.37. The van der Waals surface area contributed by atoms with Gasteiger partial charge in [-0.1, -0.05) is 6.92 Å². The van der Waals surface area contributed by atoms with Gasteiger partial charge in [0.05, 0.1) is 6.10 Å². The van der Waals surface area contributed by atoms with Crippen molar-refractivity contribution in [3.8, 4) is 0 Å². The molecule has 0 aromatic carbocycles. The van der Waals surface area contributed by atoms with Crippen LogP contribution in [0.5, 0.6) is 0 Å². The number of nitrogens with one attached hydrogen (secondary N) is 1. The zero-order valence-electron chi connectivity index (χ0n) is 12.4. The Labute approximate surface area is 115 Å². The second-order valence-corrected chi connectivity index (χ2v) is 5.30. The minimum Gasteiger partial charge on any atom is -0.379 e. The van der Waals surface area contributed by atoms with E-state index >= 15 is 0 Å². The highest BCUT2D eigenvalue weighted by atomic mass is 16.5. The normalized spacial score (nSPS) is 23.9. The highest BCUT2D eigenvalue weighted by Gasteiger charge is 2.36. The number of nitrogens with zero attached hydrogens (tertiary/aromatic N) is 1. The molecule has 1 N–H and O–H groups in total. The van der Waals surface area contributed by atoms with Gasteiger partial charge in [-0.05, 0) is 40.0 Å². The van der Waals surface area contributed by atoms with Gasteiger partial charge in [-0.3, -0.25) is 9.59 Å². The van der Waals surface area contributed by atoms with Gasteiger partial charge in [-0.25, -0.2) is 0 Å². The number of ether oxygens (including phenoxy) is 1. The third-order valence-electron chi connectivity index (χ3n) is 3.40. The fraction of sp³-hybridized carbons (Fsp3) is 0.857. The van der Waals surface area contributed by atoms with E-state index in [0.29, 0.717) is 19.6 Å². The number of carbonyl (C=O) groups excluding carboxylic acids is 2. The molecule has 0 aromatic rings. The van der Waals surface area contributed by atoms with E-state index in [0.717, 1.165) is 12.8 Å². The van der Waals surface area contributed by atoms with E-state index in [-0.39, 0.29) is 30.0 Å². The van der Waals surface area contributed by atoms with Crippen LogP contribution in [0, 0.1) is 0 Å². The van der Waals surface area contributed by atoms with Gasteiger partial charge >= 0.3 is 0 Å².